The summed E-state index contributed by atoms with van der Waals surface area (Å²) in [5.41, 5.74) is 1.01. The van der Waals surface area contributed by atoms with Crippen LogP contribution in [0.15, 0.2) is 29.2 Å². The van der Waals surface area contributed by atoms with Gasteiger partial charge >= 0.3 is 10.2 Å². The van der Waals surface area contributed by atoms with Crippen molar-refractivity contribution in [2.45, 2.75) is 17.7 Å². The smallest absolute Gasteiger partial charge is 0.189 e. The van der Waals surface area contributed by atoms with Gasteiger partial charge in [-0.15, -0.1) is 3.89 Å². The zero-order valence-electron chi connectivity index (χ0n) is 7.41. The van der Waals surface area contributed by atoms with Crippen LogP contribution < -0.4 is 0 Å². The van der Waals surface area contributed by atoms with Crippen LogP contribution in [0.25, 0.3) is 0 Å². The molecule has 1 aromatic rings. The summed E-state index contributed by atoms with van der Waals surface area (Å²) < 4.78 is 33.4. The molecule has 0 bridgehead atoms. The maximum absolute atomic E-state index is 12.5. The Hall–Kier alpha value is -0.420. The molecule has 0 saturated heterocycles. The minimum absolute atomic E-state index is 0.278. The number of alkyl halides is 1. The van der Waals surface area contributed by atoms with Crippen molar-refractivity contribution in [2.24, 2.45) is 0 Å². The average Bonchev–Trinajstić information content (AvgIpc) is 2.14. The summed E-state index contributed by atoms with van der Waals surface area (Å²) in [7, 11) is -4.55. The number of rotatable bonds is 4. The molecule has 0 N–H and O–H groups in total. The Kier molecular flexibility index (Phi) is 4.07. The molecule has 14 heavy (non-hydrogen) atoms. The van der Waals surface area contributed by atoms with Gasteiger partial charge in [0.15, 0.2) is 0 Å². The van der Waals surface area contributed by atoms with Gasteiger partial charge in [0.1, 0.15) is 0 Å². The van der Waals surface area contributed by atoms with Gasteiger partial charge in [0.05, 0.1) is 4.90 Å². The average molecular weight is 281 g/mol. The van der Waals surface area contributed by atoms with Crippen LogP contribution in [0.5, 0.6) is 0 Å². The highest BCUT2D eigenvalue weighted by Gasteiger charge is 2.10. The normalized spacial score (nSPS) is 11.6. The van der Waals surface area contributed by atoms with Gasteiger partial charge in [0, 0.05) is 5.33 Å². The highest BCUT2D eigenvalue weighted by Crippen LogP contribution is 2.14. The Morgan fingerprint density at radius 2 is 1.79 bits per heavy atom. The molecule has 0 fully saturated rings. The van der Waals surface area contributed by atoms with Crippen molar-refractivity contribution in [3.63, 3.8) is 0 Å². The van der Waals surface area contributed by atoms with Crippen LogP contribution in [0.2, 0.25) is 0 Å². The Morgan fingerprint density at radius 1 is 1.21 bits per heavy atom. The first-order chi connectivity index (χ1) is 6.54. The predicted octanol–water partition coefficient (Wildman–Crippen LogP) is 2.67. The molecular weight excluding hydrogens is 271 g/mol. The maximum Gasteiger partial charge on any atom is 0.332 e. The van der Waals surface area contributed by atoms with E-state index in [1.54, 1.807) is 12.1 Å². The van der Waals surface area contributed by atoms with Crippen LogP contribution in [0.3, 0.4) is 0 Å². The molecule has 2 nitrogen and oxygen atoms in total. The lowest BCUT2D eigenvalue weighted by molar-refractivity contribution is 0.552. The quantitative estimate of drug-likeness (QED) is 0.628. The molecule has 0 aliphatic heterocycles. The fourth-order valence-electron chi connectivity index (χ4n) is 1.09. The summed E-state index contributed by atoms with van der Waals surface area (Å²) in [5.74, 6) is 0. The molecule has 5 heteroatoms. The maximum atomic E-state index is 12.5. The molecule has 0 amide bonds. The summed E-state index contributed by atoms with van der Waals surface area (Å²) in [6.07, 6.45) is 1.83. The number of halogens is 2. The first kappa shape index (κ1) is 11.7. The largest absolute Gasteiger partial charge is 0.332 e. The number of hydrogen-bond donors (Lipinski definition) is 0. The molecule has 0 aliphatic carbocycles. The van der Waals surface area contributed by atoms with E-state index < -0.39 is 10.2 Å². The molecule has 0 aliphatic rings. The van der Waals surface area contributed by atoms with Gasteiger partial charge < -0.3 is 0 Å². The Labute approximate surface area is 91.5 Å². The highest BCUT2D eigenvalue weighted by atomic mass is 79.9. The fourth-order valence-corrected chi connectivity index (χ4v) is 1.83. The van der Waals surface area contributed by atoms with E-state index in [4.69, 9.17) is 0 Å². The van der Waals surface area contributed by atoms with E-state index in [-0.39, 0.29) is 4.90 Å². The van der Waals surface area contributed by atoms with E-state index in [2.05, 4.69) is 15.9 Å². The van der Waals surface area contributed by atoms with Crippen LogP contribution in [0.4, 0.5) is 3.89 Å². The van der Waals surface area contributed by atoms with Crippen LogP contribution in [-0.4, -0.2) is 13.7 Å². The van der Waals surface area contributed by atoms with E-state index >= 15 is 0 Å². The number of benzene rings is 1. The van der Waals surface area contributed by atoms with Crippen molar-refractivity contribution >= 4 is 26.2 Å². The van der Waals surface area contributed by atoms with Crippen LogP contribution >= 0.6 is 15.9 Å². The monoisotopic (exact) mass is 280 g/mol. The van der Waals surface area contributed by atoms with E-state index in [0.717, 1.165) is 23.7 Å². The second-order valence-electron chi connectivity index (χ2n) is 2.87. The molecule has 0 unspecified atom stereocenters. The van der Waals surface area contributed by atoms with Crippen LogP contribution in [0.1, 0.15) is 12.0 Å². The van der Waals surface area contributed by atoms with Gasteiger partial charge in [-0.1, -0.05) is 28.1 Å². The number of hydrogen-bond acceptors (Lipinski definition) is 2. The summed E-state index contributed by atoms with van der Waals surface area (Å²) in [5, 5.41) is 0.899. The molecule has 1 rings (SSSR count). The third kappa shape index (κ3) is 3.38. The molecule has 0 radical (unpaired) electrons. The topological polar surface area (TPSA) is 34.1 Å². The highest BCUT2D eigenvalue weighted by molar-refractivity contribution is 9.09. The first-order valence-corrected chi connectivity index (χ1v) is 6.64. The summed E-state index contributed by atoms with van der Waals surface area (Å²) >= 11 is 3.30. The van der Waals surface area contributed by atoms with E-state index in [0.29, 0.717) is 0 Å². The van der Waals surface area contributed by atoms with Gasteiger partial charge in [-0.3, -0.25) is 0 Å². The lowest BCUT2D eigenvalue weighted by Crippen LogP contribution is -1.92. The minimum atomic E-state index is -4.55. The Morgan fingerprint density at radius 3 is 2.21 bits per heavy atom. The van der Waals surface area contributed by atoms with Crippen molar-refractivity contribution in [2.75, 3.05) is 5.33 Å². The van der Waals surface area contributed by atoms with Crippen molar-refractivity contribution in [3.05, 3.63) is 29.8 Å². The van der Waals surface area contributed by atoms with Gasteiger partial charge in [0.25, 0.3) is 0 Å². The van der Waals surface area contributed by atoms with Crippen molar-refractivity contribution in [1.29, 1.82) is 0 Å². The first-order valence-electron chi connectivity index (χ1n) is 4.13. The van der Waals surface area contributed by atoms with Crippen molar-refractivity contribution in [1.82, 2.24) is 0 Å². The molecule has 1 aromatic carbocycles. The SMILES string of the molecule is O=S(=O)(F)c1ccc(CCCBr)cc1. The van der Waals surface area contributed by atoms with Crippen LogP contribution in [0, 0.1) is 0 Å². The zero-order valence-corrected chi connectivity index (χ0v) is 9.81. The summed E-state index contributed by atoms with van der Waals surface area (Å²) in [4.78, 5) is -0.278. The second-order valence-corrected chi connectivity index (χ2v) is 5.01. The van der Waals surface area contributed by atoms with E-state index in [1.807, 2.05) is 0 Å². The summed E-state index contributed by atoms with van der Waals surface area (Å²) in [6.45, 7) is 0. The Bertz CT molecular complexity index is 386. The fraction of sp³-hybridized carbons (Fsp3) is 0.333. The third-order valence-electron chi connectivity index (χ3n) is 1.80. The standard InChI is InChI=1S/C9H10BrFO2S/c10-7-1-2-8-3-5-9(6-4-8)14(11,12)13/h3-6H,1-2,7H2. The molecular formula is C9H10BrFO2S. The van der Waals surface area contributed by atoms with Crippen LogP contribution in [-0.2, 0) is 16.6 Å². The molecule has 0 aromatic heterocycles. The summed E-state index contributed by atoms with van der Waals surface area (Å²) in [6, 6.07) is 5.85. The zero-order chi connectivity index (χ0) is 10.6. The Balaban J connectivity index is 2.79. The lowest BCUT2D eigenvalue weighted by atomic mass is 10.1. The number of aryl methyl sites for hydroxylation is 1. The molecule has 0 spiro atoms. The second kappa shape index (κ2) is 4.89. The van der Waals surface area contributed by atoms with Gasteiger partial charge in [-0.25, -0.2) is 0 Å². The molecule has 0 heterocycles. The van der Waals surface area contributed by atoms with Gasteiger partial charge in [-0.2, -0.15) is 8.42 Å². The van der Waals surface area contributed by atoms with Crippen molar-refractivity contribution in [3.8, 4) is 0 Å². The lowest BCUT2D eigenvalue weighted by Gasteiger charge is -1.99. The van der Waals surface area contributed by atoms with E-state index in [1.165, 1.54) is 12.1 Å². The van der Waals surface area contributed by atoms with Gasteiger partial charge in [0.2, 0.25) is 0 Å². The van der Waals surface area contributed by atoms with Gasteiger partial charge in [-0.05, 0) is 30.5 Å². The third-order valence-corrected chi connectivity index (χ3v) is 3.20. The molecule has 78 valence electrons. The molecule has 0 atom stereocenters. The van der Waals surface area contributed by atoms with E-state index in [9.17, 15) is 12.3 Å². The minimum Gasteiger partial charge on any atom is -0.189 e. The predicted molar refractivity (Wildman–Crippen MR) is 56.9 cm³/mol. The molecule has 0 saturated carbocycles. The van der Waals surface area contributed by atoms with Crippen molar-refractivity contribution < 1.29 is 12.3 Å².